The predicted molar refractivity (Wildman–Crippen MR) is 423 cm³/mol. The van der Waals surface area contributed by atoms with Crippen LogP contribution in [0.5, 0.6) is 0 Å². The second-order valence-electron chi connectivity index (χ2n) is 30.7. The number of phosphoric acid groups is 2. The Morgan fingerprint density at radius 3 is 0.660 bits per heavy atom. The minimum Gasteiger partial charge on any atom is -0.462 e. The van der Waals surface area contributed by atoms with Gasteiger partial charge in [-0.1, -0.05) is 401 Å². The maximum absolute atomic E-state index is 13.1. The van der Waals surface area contributed by atoms with Gasteiger partial charge in [-0.25, -0.2) is 9.13 Å². The van der Waals surface area contributed by atoms with Crippen LogP contribution in [0.15, 0.2) is 0 Å². The number of hydrogen-bond donors (Lipinski definition) is 3. The van der Waals surface area contributed by atoms with Gasteiger partial charge in [0.05, 0.1) is 26.4 Å². The first-order valence-corrected chi connectivity index (χ1v) is 46.6. The molecular formula is C84H164O17P2. The quantitative estimate of drug-likeness (QED) is 0.0222. The van der Waals surface area contributed by atoms with Crippen molar-refractivity contribution in [3.8, 4) is 0 Å². The molecule has 0 aromatic rings. The van der Waals surface area contributed by atoms with Gasteiger partial charge in [0.2, 0.25) is 0 Å². The standard InChI is InChI=1S/C84H164O17P2/c1-6-9-12-15-18-21-23-25-27-29-31-33-35-37-39-41-43-45-47-53-58-63-68-82(87)95-74-80(100-83(88)69-64-59-54-48-46-44-42-40-38-36-34-32-30-28-26-24-22-19-16-13-10-7-2)76-99-103(92,93)97-72-78(85)71-96-102(90,91)98-75-79(73-94-81(86)67-62-57-52-20-17-14-11-8-3)101-84(89)70-65-60-55-50-49-51-56-61-66-77(4)5/h77-80,85H,6-76H2,1-5H3,(H,90,91)(H,92,93)/t78-,79+,80+/m0/s1. The Balaban J connectivity index is 5.14. The average Bonchev–Trinajstić information content (AvgIpc) is 0.917. The second-order valence-corrected chi connectivity index (χ2v) is 33.6. The molecule has 612 valence electrons. The predicted octanol–water partition coefficient (Wildman–Crippen LogP) is 25.6. The molecule has 0 aromatic heterocycles. The first kappa shape index (κ1) is 101. The molecule has 0 heterocycles. The minimum absolute atomic E-state index is 0.105. The number of rotatable bonds is 84. The summed E-state index contributed by atoms with van der Waals surface area (Å²) in [5, 5.41) is 10.6. The Morgan fingerprint density at radius 1 is 0.262 bits per heavy atom. The lowest BCUT2D eigenvalue weighted by Crippen LogP contribution is -2.30. The highest BCUT2D eigenvalue weighted by molar-refractivity contribution is 7.47. The highest BCUT2D eigenvalue weighted by Crippen LogP contribution is 2.45. The summed E-state index contributed by atoms with van der Waals surface area (Å²) in [7, 11) is -9.92. The molecule has 17 nitrogen and oxygen atoms in total. The molecular weight excluding hydrogens is 1340 g/mol. The van der Waals surface area contributed by atoms with Crippen molar-refractivity contribution in [2.75, 3.05) is 39.6 Å². The molecule has 0 aliphatic carbocycles. The number of carbonyl (C=O) groups is 4. The monoisotopic (exact) mass is 1510 g/mol. The van der Waals surface area contributed by atoms with Crippen molar-refractivity contribution < 1.29 is 80.2 Å². The van der Waals surface area contributed by atoms with Crippen LogP contribution in [-0.2, 0) is 65.4 Å². The molecule has 0 aliphatic rings. The largest absolute Gasteiger partial charge is 0.472 e. The van der Waals surface area contributed by atoms with Crippen LogP contribution in [0.1, 0.15) is 452 Å². The number of aliphatic hydroxyl groups excluding tert-OH is 1. The maximum Gasteiger partial charge on any atom is 0.472 e. The van der Waals surface area contributed by atoms with Gasteiger partial charge >= 0.3 is 39.5 Å². The fourth-order valence-corrected chi connectivity index (χ4v) is 14.7. The van der Waals surface area contributed by atoms with E-state index in [0.717, 1.165) is 102 Å². The van der Waals surface area contributed by atoms with E-state index in [9.17, 15) is 43.2 Å². The lowest BCUT2D eigenvalue weighted by atomic mass is 10.0. The zero-order valence-corrected chi connectivity index (χ0v) is 69.3. The molecule has 0 saturated heterocycles. The Kier molecular flexibility index (Phi) is 75.4. The van der Waals surface area contributed by atoms with E-state index >= 15 is 0 Å². The zero-order chi connectivity index (χ0) is 75.5. The van der Waals surface area contributed by atoms with Gasteiger partial charge in [-0.2, -0.15) is 0 Å². The lowest BCUT2D eigenvalue weighted by molar-refractivity contribution is -0.161. The van der Waals surface area contributed by atoms with Crippen molar-refractivity contribution in [2.45, 2.75) is 470 Å². The van der Waals surface area contributed by atoms with Crippen molar-refractivity contribution in [2.24, 2.45) is 5.92 Å². The molecule has 103 heavy (non-hydrogen) atoms. The van der Waals surface area contributed by atoms with Gasteiger partial charge in [0.25, 0.3) is 0 Å². The fourth-order valence-electron chi connectivity index (χ4n) is 13.1. The van der Waals surface area contributed by atoms with Crippen molar-refractivity contribution in [1.29, 1.82) is 0 Å². The van der Waals surface area contributed by atoms with Crippen LogP contribution in [0.2, 0.25) is 0 Å². The van der Waals surface area contributed by atoms with E-state index in [-0.39, 0.29) is 25.7 Å². The van der Waals surface area contributed by atoms with Gasteiger partial charge < -0.3 is 33.8 Å². The zero-order valence-electron chi connectivity index (χ0n) is 67.5. The third-order valence-corrected chi connectivity index (χ3v) is 21.7. The number of ether oxygens (including phenoxy) is 4. The summed E-state index contributed by atoms with van der Waals surface area (Å²) >= 11 is 0. The Bertz CT molecular complexity index is 1960. The van der Waals surface area contributed by atoms with Crippen molar-refractivity contribution in [3.63, 3.8) is 0 Å². The van der Waals surface area contributed by atoms with E-state index < -0.39 is 97.5 Å². The third-order valence-electron chi connectivity index (χ3n) is 19.8. The van der Waals surface area contributed by atoms with Crippen LogP contribution in [0.3, 0.4) is 0 Å². The molecule has 0 rings (SSSR count). The molecule has 0 saturated carbocycles. The maximum atomic E-state index is 13.1. The van der Waals surface area contributed by atoms with E-state index in [1.807, 2.05) is 0 Å². The average molecular weight is 1510 g/mol. The van der Waals surface area contributed by atoms with Gasteiger partial charge in [0.15, 0.2) is 12.2 Å². The van der Waals surface area contributed by atoms with Crippen molar-refractivity contribution in [3.05, 3.63) is 0 Å². The first-order chi connectivity index (χ1) is 50.0. The van der Waals surface area contributed by atoms with Crippen LogP contribution >= 0.6 is 15.6 Å². The molecule has 0 aromatic carbocycles. The van der Waals surface area contributed by atoms with Crippen LogP contribution in [0.25, 0.3) is 0 Å². The van der Waals surface area contributed by atoms with Gasteiger partial charge in [-0.3, -0.25) is 37.3 Å². The molecule has 19 heteroatoms. The SMILES string of the molecule is CCCCCCCCCCCCCCCCCCCCCCCCC(=O)OC[C@H](COP(=O)(O)OC[C@@H](O)COP(=O)(O)OC[C@@H](COC(=O)CCCCCCCCCC)OC(=O)CCCCCCCCCCC(C)C)OC(=O)CCCCCCCCCCCCCCCCCCCCCCCC. The van der Waals surface area contributed by atoms with Gasteiger partial charge in [-0.15, -0.1) is 0 Å². The molecule has 0 aliphatic heterocycles. The first-order valence-electron chi connectivity index (χ1n) is 43.6. The molecule has 3 N–H and O–H groups in total. The molecule has 0 spiro atoms. The summed E-state index contributed by atoms with van der Waals surface area (Å²) in [4.78, 5) is 72.9. The number of hydrogen-bond acceptors (Lipinski definition) is 15. The summed E-state index contributed by atoms with van der Waals surface area (Å²) in [6, 6.07) is 0. The van der Waals surface area contributed by atoms with E-state index in [1.165, 1.54) is 270 Å². The smallest absolute Gasteiger partial charge is 0.462 e. The number of carbonyl (C=O) groups excluding carboxylic acids is 4. The molecule has 0 bridgehead atoms. The number of unbranched alkanes of at least 4 members (excludes halogenated alkanes) is 56. The number of phosphoric ester groups is 2. The normalized spacial score (nSPS) is 13.8. The fraction of sp³-hybridized carbons (Fsp3) is 0.952. The summed E-state index contributed by atoms with van der Waals surface area (Å²) in [5.74, 6) is -1.39. The topological polar surface area (TPSA) is 237 Å². The van der Waals surface area contributed by atoms with E-state index in [0.29, 0.717) is 25.7 Å². The Labute approximate surface area is 632 Å². The number of aliphatic hydroxyl groups is 1. The van der Waals surface area contributed by atoms with Gasteiger partial charge in [-0.05, 0) is 31.6 Å². The molecule has 0 amide bonds. The molecule has 2 unspecified atom stereocenters. The molecule has 0 fully saturated rings. The molecule has 0 radical (unpaired) electrons. The van der Waals surface area contributed by atoms with Crippen LogP contribution < -0.4 is 0 Å². The summed E-state index contributed by atoms with van der Waals surface area (Å²) in [6.45, 7) is 7.26. The minimum atomic E-state index is -4.96. The van der Waals surface area contributed by atoms with E-state index in [2.05, 4.69) is 34.6 Å². The highest BCUT2D eigenvalue weighted by Gasteiger charge is 2.30. The van der Waals surface area contributed by atoms with Gasteiger partial charge in [0, 0.05) is 25.7 Å². The second kappa shape index (κ2) is 76.8. The van der Waals surface area contributed by atoms with E-state index in [1.54, 1.807) is 0 Å². The van der Waals surface area contributed by atoms with Crippen LogP contribution in [0, 0.1) is 5.92 Å². The molecule has 5 atom stereocenters. The van der Waals surface area contributed by atoms with Crippen molar-refractivity contribution >= 4 is 39.5 Å². The highest BCUT2D eigenvalue weighted by atomic mass is 31.2. The van der Waals surface area contributed by atoms with E-state index in [4.69, 9.17) is 37.0 Å². The van der Waals surface area contributed by atoms with Gasteiger partial charge in [0.1, 0.15) is 19.3 Å². The van der Waals surface area contributed by atoms with Crippen molar-refractivity contribution in [1.82, 2.24) is 0 Å². The number of esters is 4. The summed E-state index contributed by atoms with van der Waals surface area (Å²) < 4.78 is 68.7. The summed E-state index contributed by atoms with van der Waals surface area (Å²) in [6.07, 6.45) is 69.9. The Morgan fingerprint density at radius 2 is 0.447 bits per heavy atom. The third kappa shape index (κ3) is 78.0. The Hall–Kier alpha value is -1.94. The van der Waals surface area contributed by atoms with Crippen LogP contribution in [0.4, 0.5) is 0 Å². The lowest BCUT2D eigenvalue weighted by Gasteiger charge is -2.21. The summed E-state index contributed by atoms with van der Waals surface area (Å²) in [5.41, 5.74) is 0. The van der Waals surface area contributed by atoms with Crippen LogP contribution in [-0.4, -0.2) is 96.7 Å².